The van der Waals surface area contributed by atoms with Crippen LogP contribution in [0.5, 0.6) is 0 Å². The molecule has 0 saturated carbocycles. The van der Waals surface area contributed by atoms with Gasteiger partial charge < -0.3 is 5.32 Å². The Hall–Kier alpha value is -1.07. The van der Waals surface area contributed by atoms with Crippen LogP contribution in [-0.4, -0.2) is 27.1 Å². The minimum atomic E-state index is -3.41. The lowest BCUT2D eigenvalue weighted by molar-refractivity contribution is -0.118. The van der Waals surface area contributed by atoms with Crippen LogP contribution in [0.2, 0.25) is 5.02 Å². The van der Waals surface area contributed by atoms with Crippen molar-refractivity contribution >= 4 is 27.3 Å². The highest BCUT2D eigenvalue weighted by Gasteiger charge is 2.16. The molecule has 0 spiro atoms. The summed E-state index contributed by atoms with van der Waals surface area (Å²) in [6.07, 6.45) is 0. The SMILES string of the molecule is CNC(=O)CS(=O)(=O)Cc1ccc(Cl)cc1. The highest BCUT2D eigenvalue weighted by Crippen LogP contribution is 2.12. The van der Waals surface area contributed by atoms with Crippen LogP contribution in [0.25, 0.3) is 0 Å². The molecular formula is C10H12ClNO3S. The zero-order valence-corrected chi connectivity index (χ0v) is 10.3. The van der Waals surface area contributed by atoms with E-state index in [1.54, 1.807) is 24.3 Å². The van der Waals surface area contributed by atoms with Crippen LogP contribution in [-0.2, 0) is 20.4 Å². The number of hydrogen-bond acceptors (Lipinski definition) is 3. The first kappa shape index (κ1) is 13.0. The molecule has 0 fully saturated rings. The molecule has 0 heterocycles. The quantitative estimate of drug-likeness (QED) is 0.880. The first-order chi connectivity index (χ1) is 7.43. The summed E-state index contributed by atoms with van der Waals surface area (Å²) in [6, 6.07) is 6.49. The molecule has 0 aliphatic rings. The van der Waals surface area contributed by atoms with Gasteiger partial charge in [-0.15, -0.1) is 0 Å². The van der Waals surface area contributed by atoms with Crippen molar-refractivity contribution in [2.24, 2.45) is 0 Å². The van der Waals surface area contributed by atoms with Gasteiger partial charge in [-0.3, -0.25) is 4.79 Å². The van der Waals surface area contributed by atoms with Gasteiger partial charge in [-0.05, 0) is 17.7 Å². The van der Waals surface area contributed by atoms with Gasteiger partial charge in [0.25, 0.3) is 0 Å². The molecule has 1 aromatic rings. The van der Waals surface area contributed by atoms with E-state index in [1.165, 1.54) is 7.05 Å². The molecule has 0 aliphatic carbocycles. The van der Waals surface area contributed by atoms with E-state index in [1.807, 2.05) is 0 Å². The molecule has 0 aromatic heterocycles. The highest BCUT2D eigenvalue weighted by molar-refractivity contribution is 7.91. The summed E-state index contributed by atoms with van der Waals surface area (Å²) in [5.41, 5.74) is 0.619. The molecule has 0 saturated heterocycles. The Morgan fingerprint density at radius 2 is 1.88 bits per heavy atom. The smallest absolute Gasteiger partial charge is 0.234 e. The van der Waals surface area contributed by atoms with Crippen LogP contribution in [0.4, 0.5) is 0 Å². The highest BCUT2D eigenvalue weighted by atomic mass is 35.5. The summed E-state index contributed by atoms with van der Waals surface area (Å²) in [5.74, 6) is -1.15. The molecule has 4 nitrogen and oxygen atoms in total. The number of sulfone groups is 1. The topological polar surface area (TPSA) is 63.2 Å². The van der Waals surface area contributed by atoms with E-state index in [4.69, 9.17) is 11.6 Å². The van der Waals surface area contributed by atoms with E-state index >= 15 is 0 Å². The second-order valence-corrected chi connectivity index (χ2v) is 5.83. The van der Waals surface area contributed by atoms with Gasteiger partial charge in [0, 0.05) is 12.1 Å². The second kappa shape index (κ2) is 5.32. The van der Waals surface area contributed by atoms with Gasteiger partial charge in [0.15, 0.2) is 9.84 Å². The molecule has 0 radical (unpaired) electrons. The Morgan fingerprint density at radius 3 is 2.38 bits per heavy atom. The van der Waals surface area contributed by atoms with E-state index < -0.39 is 21.5 Å². The number of halogens is 1. The summed E-state index contributed by atoms with van der Waals surface area (Å²) < 4.78 is 23.1. The Kier molecular flexibility index (Phi) is 4.32. The number of rotatable bonds is 4. The molecule has 1 amide bonds. The molecule has 6 heteroatoms. The summed E-state index contributed by atoms with van der Waals surface area (Å²) in [5, 5.41) is 2.83. The third-order valence-electron chi connectivity index (χ3n) is 1.93. The molecule has 0 atom stereocenters. The predicted molar refractivity (Wildman–Crippen MR) is 63.0 cm³/mol. The number of carbonyl (C=O) groups excluding carboxylic acids is 1. The van der Waals surface area contributed by atoms with E-state index in [-0.39, 0.29) is 5.75 Å². The summed E-state index contributed by atoms with van der Waals surface area (Å²) in [4.78, 5) is 11.0. The van der Waals surface area contributed by atoms with Crippen LogP contribution >= 0.6 is 11.6 Å². The number of amides is 1. The molecular weight excluding hydrogens is 250 g/mol. The standard InChI is InChI=1S/C10H12ClNO3S/c1-12-10(13)7-16(14,15)6-8-2-4-9(11)5-3-8/h2-5H,6-7H2,1H3,(H,12,13). The average Bonchev–Trinajstić information content (AvgIpc) is 2.20. The lowest BCUT2D eigenvalue weighted by Crippen LogP contribution is -2.27. The van der Waals surface area contributed by atoms with E-state index in [2.05, 4.69) is 5.32 Å². The van der Waals surface area contributed by atoms with Crippen LogP contribution in [0.1, 0.15) is 5.56 Å². The third-order valence-corrected chi connectivity index (χ3v) is 3.66. The fourth-order valence-electron chi connectivity index (χ4n) is 1.16. The van der Waals surface area contributed by atoms with Gasteiger partial charge in [-0.1, -0.05) is 23.7 Å². The summed E-state index contributed by atoms with van der Waals surface area (Å²) in [6.45, 7) is 0. The molecule has 1 aromatic carbocycles. The van der Waals surface area contributed by atoms with Gasteiger partial charge in [-0.2, -0.15) is 0 Å². The lowest BCUT2D eigenvalue weighted by Gasteiger charge is -2.03. The maximum Gasteiger partial charge on any atom is 0.234 e. The fraction of sp³-hybridized carbons (Fsp3) is 0.300. The molecule has 88 valence electrons. The third kappa shape index (κ3) is 4.20. The van der Waals surface area contributed by atoms with Crippen LogP contribution < -0.4 is 5.32 Å². The second-order valence-electron chi connectivity index (χ2n) is 3.33. The molecule has 0 unspecified atom stereocenters. The first-order valence-electron chi connectivity index (χ1n) is 4.58. The number of nitrogens with one attached hydrogen (secondary N) is 1. The van der Waals surface area contributed by atoms with Crippen molar-refractivity contribution in [2.75, 3.05) is 12.8 Å². The van der Waals surface area contributed by atoms with Gasteiger partial charge in [0.2, 0.25) is 5.91 Å². The van der Waals surface area contributed by atoms with Gasteiger partial charge in [-0.25, -0.2) is 8.42 Å². The van der Waals surface area contributed by atoms with Crippen LogP contribution in [0, 0.1) is 0 Å². The largest absolute Gasteiger partial charge is 0.358 e. The summed E-state index contributed by atoms with van der Waals surface area (Å²) >= 11 is 5.68. The number of carbonyl (C=O) groups is 1. The van der Waals surface area contributed by atoms with Crippen molar-refractivity contribution in [3.63, 3.8) is 0 Å². The Bertz CT molecular complexity index is 467. The maximum atomic E-state index is 11.6. The van der Waals surface area contributed by atoms with Crippen molar-refractivity contribution in [3.8, 4) is 0 Å². The minimum Gasteiger partial charge on any atom is -0.358 e. The zero-order chi connectivity index (χ0) is 12.2. The van der Waals surface area contributed by atoms with Crippen molar-refractivity contribution in [3.05, 3.63) is 34.9 Å². The van der Waals surface area contributed by atoms with Gasteiger partial charge in [0.05, 0.1) is 5.75 Å². The van der Waals surface area contributed by atoms with Crippen LogP contribution in [0.3, 0.4) is 0 Å². The number of hydrogen-bond donors (Lipinski definition) is 1. The zero-order valence-electron chi connectivity index (χ0n) is 8.73. The minimum absolute atomic E-state index is 0.155. The van der Waals surface area contributed by atoms with Crippen molar-refractivity contribution in [1.82, 2.24) is 5.32 Å². The van der Waals surface area contributed by atoms with Crippen molar-refractivity contribution in [2.45, 2.75) is 5.75 Å². The molecule has 0 aliphatic heterocycles. The Morgan fingerprint density at radius 1 is 1.31 bits per heavy atom. The molecule has 0 bridgehead atoms. The van der Waals surface area contributed by atoms with E-state index in [0.29, 0.717) is 10.6 Å². The average molecular weight is 262 g/mol. The molecule has 16 heavy (non-hydrogen) atoms. The molecule has 1 N–H and O–H groups in total. The maximum absolute atomic E-state index is 11.6. The van der Waals surface area contributed by atoms with E-state index in [0.717, 1.165) is 0 Å². The summed E-state index contributed by atoms with van der Waals surface area (Å²) in [7, 11) is -2.01. The normalized spacial score (nSPS) is 11.1. The molecule has 1 rings (SSSR count). The van der Waals surface area contributed by atoms with Crippen LogP contribution in [0.15, 0.2) is 24.3 Å². The van der Waals surface area contributed by atoms with E-state index in [9.17, 15) is 13.2 Å². The first-order valence-corrected chi connectivity index (χ1v) is 6.78. The fourth-order valence-corrected chi connectivity index (χ4v) is 2.63. The van der Waals surface area contributed by atoms with Gasteiger partial charge >= 0.3 is 0 Å². The van der Waals surface area contributed by atoms with Gasteiger partial charge in [0.1, 0.15) is 5.75 Å². The predicted octanol–water partition coefficient (Wildman–Crippen LogP) is 1.00. The monoisotopic (exact) mass is 261 g/mol. The van der Waals surface area contributed by atoms with Crippen molar-refractivity contribution < 1.29 is 13.2 Å². The Labute approximate surface area is 99.5 Å². The van der Waals surface area contributed by atoms with Crippen molar-refractivity contribution in [1.29, 1.82) is 0 Å². The lowest BCUT2D eigenvalue weighted by atomic mass is 10.2. The number of benzene rings is 1. The Balaban J connectivity index is 2.73.